The number of ether oxygens (including phenoxy) is 4. The Kier molecular flexibility index (Phi) is 11.1. The molecule has 2 amide bonds. The zero-order chi connectivity index (χ0) is 32.5. The van der Waals surface area contributed by atoms with Crippen LogP contribution in [0.15, 0.2) is 72.3 Å². The quantitative estimate of drug-likeness (QED) is 0.187. The van der Waals surface area contributed by atoms with E-state index in [-0.39, 0.29) is 19.0 Å². The highest BCUT2D eigenvalue weighted by atomic mass is 16.5. The van der Waals surface area contributed by atoms with Crippen LogP contribution in [0.3, 0.4) is 0 Å². The number of benzene rings is 3. The molecule has 0 atom stereocenters. The summed E-state index contributed by atoms with van der Waals surface area (Å²) in [5.41, 5.74) is 5.12. The van der Waals surface area contributed by atoms with Crippen molar-refractivity contribution in [3.05, 3.63) is 94.6 Å². The van der Waals surface area contributed by atoms with Gasteiger partial charge in [-0.25, -0.2) is 9.59 Å². The first-order chi connectivity index (χ1) is 22.4. The van der Waals surface area contributed by atoms with Gasteiger partial charge in [0.25, 0.3) is 0 Å². The highest BCUT2D eigenvalue weighted by Crippen LogP contribution is 2.42. The molecule has 1 fully saturated rings. The molecule has 46 heavy (non-hydrogen) atoms. The van der Waals surface area contributed by atoms with Crippen molar-refractivity contribution in [1.29, 1.82) is 0 Å². The Morgan fingerprint density at radius 1 is 1.00 bits per heavy atom. The number of cyclic esters (lactones) is 1. The molecule has 1 saturated heterocycles. The fraction of sp³-hybridized carbons (Fsp3) is 0.361. The summed E-state index contributed by atoms with van der Waals surface area (Å²) in [5.74, 6) is -0.168. The summed E-state index contributed by atoms with van der Waals surface area (Å²) >= 11 is 0. The van der Waals surface area contributed by atoms with E-state index in [1.807, 2.05) is 80.6 Å². The lowest BCUT2D eigenvalue weighted by molar-refractivity contribution is -0.144. The van der Waals surface area contributed by atoms with Gasteiger partial charge < -0.3 is 24.3 Å². The summed E-state index contributed by atoms with van der Waals surface area (Å²) in [6.07, 6.45) is 3.12. The number of urea groups is 1. The molecule has 10 heteroatoms. The van der Waals surface area contributed by atoms with Gasteiger partial charge in [0.2, 0.25) is 0 Å². The number of rotatable bonds is 12. The number of hydrogen-bond donors (Lipinski definition) is 1. The third-order valence-electron chi connectivity index (χ3n) is 8.29. The Hall–Kier alpha value is -4.67. The molecule has 0 radical (unpaired) electrons. The van der Waals surface area contributed by atoms with Crippen LogP contribution in [0.5, 0.6) is 5.75 Å². The topological polar surface area (TPSA) is 107 Å². The van der Waals surface area contributed by atoms with Gasteiger partial charge in [-0.05, 0) is 56.5 Å². The van der Waals surface area contributed by atoms with Crippen molar-refractivity contribution in [1.82, 2.24) is 4.90 Å². The van der Waals surface area contributed by atoms with Crippen molar-refractivity contribution in [3.63, 3.8) is 0 Å². The molecule has 2 aliphatic heterocycles. The summed E-state index contributed by atoms with van der Waals surface area (Å²) < 4.78 is 22.1. The van der Waals surface area contributed by atoms with E-state index < -0.39 is 12.0 Å². The minimum Gasteiger partial charge on any atom is -0.496 e. The van der Waals surface area contributed by atoms with E-state index in [1.165, 1.54) is 0 Å². The SMILES string of the molecule is COc1c(C)c2c(c(NC(=O)N(c3ccccc3)c3ccccc3)c1CC=C(C)CCC(=O)OCCN1CCOCC1)C(=O)OC2. The fourth-order valence-electron chi connectivity index (χ4n) is 5.75. The second-order valence-electron chi connectivity index (χ2n) is 11.3. The normalized spacial score (nSPS) is 14.8. The number of carbonyl (C=O) groups excluding carboxylic acids is 3. The molecule has 3 aromatic carbocycles. The number of fused-ring (bicyclic) bond motifs is 1. The van der Waals surface area contributed by atoms with E-state index in [1.54, 1.807) is 12.0 Å². The van der Waals surface area contributed by atoms with Crippen molar-refractivity contribution in [2.24, 2.45) is 0 Å². The number of anilines is 3. The molecule has 0 saturated carbocycles. The lowest BCUT2D eigenvalue weighted by Gasteiger charge is -2.26. The molecule has 2 heterocycles. The summed E-state index contributed by atoms with van der Waals surface area (Å²) in [6, 6.07) is 18.2. The highest BCUT2D eigenvalue weighted by Gasteiger charge is 2.33. The van der Waals surface area contributed by atoms with E-state index in [0.29, 0.717) is 78.7 Å². The molecule has 1 N–H and O–H groups in total. The standard InChI is InChI=1S/C36H41N3O7/c1-25(15-17-31(40)45-23-20-38-18-21-44-22-19-38)14-16-29-33(32-30(24-46-35(32)41)26(2)34(29)43-3)37-36(42)39(27-10-6-4-7-11-27)28-12-8-5-9-13-28/h4-14H,15-24H2,1-3H3,(H,37,42). The summed E-state index contributed by atoms with van der Waals surface area (Å²) in [6.45, 7) is 8.10. The third-order valence-corrected chi connectivity index (χ3v) is 8.29. The van der Waals surface area contributed by atoms with Crippen LogP contribution in [-0.4, -0.2) is 69.4 Å². The average Bonchev–Trinajstić information content (AvgIpc) is 3.47. The van der Waals surface area contributed by atoms with Gasteiger partial charge in [-0.1, -0.05) is 48.0 Å². The van der Waals surface area contributed by atoms with Crippen molar-refractivity contribution >= 4 is 35.0 Å². The maximum Gasteiger partial charge on any atom is 0.341 e. The van der Waals surface area contributed by atoms with E-state index in [9.17, 15) is 14.4 Å². The first-order valence-electron chi connectivity index (χ1n) is 15.6. The molecule has 10 nitrogen and oxygen atoms in total. The van der Waals surface area contributed by atoms with E-state index in [4.69, 9.17) is 18.9 Å². The zero-order valence-corrected chi connectivity index (χ0v) is 26.7. The van der Waals surface area contributed by atoms with Crippen molar-refractivity contribution in [3.8, 4) is 5.75 Å². The molecule has 3 aromatic rings. The number of methoxy groups -OCH3 is 1. The van der Waals surface area contributed by atoms with E-state index in [0.717, 1.165) is 24.2 Å². The predicted octanol–water partition coefficient (Wildman–Crippen LogP) is 6.19. The molecule has 242 valence electrons. The van der Waals surface area contributed by atoms with Crippen molar-refractivity contribution in [2.45, 2.75) is 39.7 Å². The largest absolute Gasteiger partial charge is 0.496 e. The summed E-state index contributed by atoms with van der Waals surface area (Å²) in [5, 5.41) is 3.06. The van der Waals surface area contributed by atoms with E-state index in [2.05, 4.69) is 10.2 Å². The van der Waals surface area contributed by atoms with Crippen LogP contribution in [-0.2, 0) is 32.0 Å². The third kappa shape index (κ3) is 7.75. The maximum atomic E-state index is 14.1. The molecule has 2 aliphatic rings. The van der Waals surface area contributed by atoms with Crippen LogP contribution in [0.1, 0.15) is 46.8 Å². The Morgan fingerprint density at radius 3 is 2.28 bits per heavy atom. The fourth-order valence-corrected chi connectivity index (χ4v) is 5.75. The number of allylic oxidation sites excluding steroid dienone is 2. The molecule has 5 rings (SSSR count). The predicted molar refractivity (Wildman–Crippen MR) is 176 cm³/mol. The van der Waals surface area contributed by atoms with Gasteiger partial charge in [0.1, 0.15) is 19.0 Å². The minimum absolute atomic E-state index is 0.100. The monoisotopic (exact) mass is 627 g/mol. The molecule has 0 spiro atoms. The maximum absolute atomic E-state index is 14.1. The van der Waals surface area contributed by atoms with Crippen LogP contribution in [0, 0.1) is 6.92 Å². The van der Waals surface area contributed by atoms with Crippen molar-refractivity contribution in [2.75, 3.05) is 56.8 Å². The van der Waals surface area contributed by atoms with Gasteiger partial charge in [0, 0.05) is 37.2 Å². The molecule has 0 aliphatic carbocycles. The van der Waals surface area contributed by atoms with Crippen LogP contribution >= 0.6 is 0 Å². The van der Waals surface area contributed by atoms with Gasteiger partial charge >= 0.3 is 18.0 Å². The Labute approximate surface area is 269 Å². The Balaban J connectivity index is 1.36. The molecule has 0 aromatic heterocycles. The number of esters is 2. The average molecular weight is 628 g/mol. The molecular weight excluding hydrogens is 586 g/mol. The van der Waals surface area contributed by atoms with Crippen LogP contribution in [0.4, 0.5) is 21.9 Å². The second-order valence-corrected chi connectivity index (χ2v) is 11.3. The van der Waals surface area contributed by atoms with Crippen molar-refractivity contribution < 1.29 is 33.3 Å². The summed E-state index contributed by atoms with van der Waals surface area (Å²) in [4.78, 5) is 43.4. The number of morpholine rings is 1. The molecule has 0 bridgehead atoms. The van der Waals surface area contributed by atoms with E-state index >= 15 is 0 Å². The van der Waals surface area contributed by atoms with Crippen LogP contribution < -0.4 is 15.0 Å². The highest BCUT2D eigenvalue weighted by molar-refractivity contribution is 6.11. The first-order valence-corrected chi connectivity index (χ1v) is 15.6. The van der Waals surface area contributed by atoms with Crippen LogP contribution in [0.25, 0.3) is 0 Å². The minimum atomic E-state index is -0.496. The van der Waals surface area contributed by atoms with Gasteiger partial charge in [-0.2, -0.15) is 0 Å². The van der Waals surface area contributed by atoms with Gasteiger partial charge in [-0.15, -0.1) is 0 Å². The van der Waals surface area contributed by atoms with Gasteiger partial charge in [0.15, 0.2) is 0 Å². The number of carbonyl (C=O) groups is 3. The Bertz CT molecular complexity index is 1530. The molecular formula is C36H41N3O7. The number of hydrogen-bond acceptors (Lipinski definition) is 8. The first kappa shape index (κ1) is 32.7. The van der Waals surface area contributed by atoms with Crippen LogP contribution in [0.2, 0.25) is 0 Å². The van der Waals surface area contributed by atoms with Gasteiger partial charge in [-0.3, -0.25) is 14.6 Å². The number of nitrogens with one attached hydrogen (secondary N) is 1. The number of amides is 2. The smallest absolute Gasteiger partial charge is 0.341 e. The lowest BCUT2D eigenvalue weighted by Crippen LogP contribution is -2.38. The number of nitrogens with zero attached hydrogens (tertiary/aromatic N) is 2. The number of para-hydroxylation sites is 2. The Morgan fingerprint density at radius 2 is 1.65 bits per heavy atom. The molecule has 0 unspecified atom stereocenters. The lowest BCUT2D eigenvalue weighted by atomic mass is 9.93. The summed E-state index contributed by atoms with van der Waals surface area (Å²) in [7, 11) is 1.57. The zero-order valence-electron chi connectivity index (χ0n) is 26.7. The second kappa shape index (κ2) is 15.6. The van der Waals surface area contributed by atoms with Gasteiger partial charge in [0.05, 0.1) is 42.9 Å².